The molecule has 1 atom stereocenters. The zero-order valence-electron chi connectivity index (χ0n) is 19.1. The fraction of sp³-hybridized carbons (Fsp3) is 0.304. The molecule has 0 aromatic heterocycles. The second kappa shape index (κ2) is 13.0. The van der Waals surface area contributed by atoms with Crippen molar-refractivity contribution in [2.24, 2.45) is 11.0 Å². The Labute approximate surface area is 210 Å². The van der Waals surface area contributed by atoms with E-state index >= 15 is 0 Å². The second-order valence-electron chi connectivity index (χ2n) is 7.34. The molecule has 9 nitrogen and oxygen atoms in total. The van der Waals surface area contributed by atoms with Crippen LogP contribution in [-0.2, 0) is 14.3 Å². The van der Waals surface area contributed by atoms with E-state index in [0.29, 0.717) is 32.1 Å². The van der Waals surface area contributed by atoms with E-state index in [0.717, 1.165) is 0 Å². The average Bonchev–Trinajstić information content (AvgIpc) is 2.80. The zero-order chi connectivity index (χ0) is 25.3. The number of amides is 2. The lowest BCUT2D eigenvalue weighted by molar-refractivity contribution is -0.143. The number of nitrogens with zero attached hydrogens (tertiary/aromatic N) is 1. The topological polar surface area (TPSA) is 115 Å². The summed E-state index contributed by atoms with van der Waals surface area (Å²) in [6.45, 7) is 3.33. The van der Waals surface area contributed by atoms with Gasteiger partial charge in [-0.25, -0.2) is 10.2 Å². The molecule has 11 heteroatoms. The third-order valence-electron chi connectivity index (χ3n) is 4.52. The summed E-state index contributed by atoms with van der Waals surface area (Å²) in [4.78, 5) is 36.5. The van der Waals surface area contributed by atoms with Crippen LogP contribution in [-0.4, -0.2) is 50.9 Å². The molecule has 34 heavy (non-hydrogen) atoms. The highest BCUT2D eigenvalue weighted by Crippen LogP contribution is 2.36. The van der Waals surface area contributed by atoms with Crippen molar-refractivity contribution in [3.8, 4) is 11.5 Å². The number of halogens is 2. The standard InChI is InChI=1S/C23H25BrClN3O6/c1-13(2)20(27-22(30)15-6-5-7-16(25)10-15)23(31)28-26-11-14-8-17(24)21(18(9-14)32-3)34-12-19(29)33-4/h5-11,13,20H,12H2,1-4H3,(H,27,30)(H,28,31). The molecule has 0 radical (unpaired) electrons. The van der Waals surface area contributed by atoms with Crippen LogP contribution in [0.5, 0.6) is 11.5 Å². The molecular formula is C23H25BrClN3O6. The predicted molar refractivity (Wildman–Crippen MR) is 131 cm³/mol. The van der Waals surface area contributed by atoms with Crippen LogP contribution in [0.3, 0.4) is 0 Å². The Balaban J connectivity index is 2.08. The summed E-state index contributed by atoms with van der Waals surface area (Å²) in [5.41, 5.74) is 3.37. The van der Waals surface area contributed by atoms with Crippen LogP contribution >= 0.6 is 27.5 Å². The fourth-order valence-electron chi connectivity index (χ4n) is 2.77. The monoisotopic (exact) mass is 553 g/mol. The van der Waals surface area contributed by atoms with Crippen LogP contribution in [0, 0.1) is 5.92 Å². The Hall–Kier alpha value is -3.11. The third-order valence-corrected chi connectivity index (χ3v) is 5.35. The Bertz CT molecular complexity index is 1080. The molecule has 1 unspecified atom stereocenters. The van der Waals surface area contributed by atoms with Gasteiger partial charge in [0.2, 0.25) is 0 Å². The Kier molecular flexibility index (Phi) is 10.3. The maximum absolute atomic E-state index is 12.7. The van der Waals surface area contributed by atoms with E-state index < -0.39 is 23.8 Å². The van der Waals surface area contributed by atoms with Gasteiger partial charge in [-0.2, -0.15) is 5.10 Å². The molecule has 182 valence electrons. The van der Waals surface area contributed by atoms with Gasteiger partial charge < -0.3 is 19.5 Å². The number of carbonyl (C=O) groups is 3. The first kappa shape index (κ1) is 27.1. The molecular weight excluding hydrogens is 530 g/mol. The molecule has 0 bridgehead atoms. The number of ether oxygens (including phenoxy) is 3. The number of hydrogen-bond acceptors (Lipinski definition) is 7. The fourth-order valence-corrected chi connectivity index (χ4v) is 3.54. The number of hydrogen-bond donors (Lipinski definition) is 2. The number of esters is 1. The lowest BCUT2D eigenvalue weighted by Gasteiger charge is -2.20. The maximum Gasteiger partial charge on any atom is 0.343 e. The summed E-state index contributed by atoms with van der Waals surface area (Å²) in [5, 5.41) is 7.11. The molecule has 2 N–H and O–H groups in total. The summed E-state index contributed by atoms with van der Waals surface area (Å²) in [5.74, 6) is -0.969. The molecule has 0 heterocycles. The first-order valence-corrected chi connectivity index (χ1v) is 11.3. The molecule has 0 saturated carbocycles. The van der Waals surface area contributed by atoms with Crippen LogP contribution < -0.4 is 20.2 Å². The van der Waals surface area contributed by atoms with Gasteiger partial charge in [0, 0.05) is 10.6 Å². The highest BCUT2D eigenvalue weighted by molar-refractivity contribution is 9.10. The van der Waals surface area contributed by atoms with Crippen molar-refractivity contribution >= 4 is 51.5 Å². The van der Waals surface area contributed by atoms with Crippen molar-refractivity contribution in [3.05, 3.63) is 57.0 Å². The molecule has 0 aliphatic rings. The molecule has 2 aromatic rings. The van der Waals surface area contributed by atoms with E-state index in [4.69, 9.17) is 21.1 Å². The van der Waals surface area contributed by atoms with E-state index in [1.165, 1.54) is 26.5 Å². The molecule has 0 fully saturated rings. The Morgan fingerprint density at radius 2 is 1.91 bits per heavy atom. The average molecular weight is 555 g/mol. The number of benzene rings is 2. The van der Waals surface area contributed by atoms with E-state index in [1.807, 2.05) is 0 Å². The number of carbonyl (C=O) groups excluding carboxylic acids is 3. The summed E-state index contributed by atoms with van der Waals surface area (Å²) in [7, 11) is 2.71. The van der Waals surface area contributed by atoms with E-state index in [2.05, 4.69) is 36.5 Å². The van der Waals surface area contributed by atoms with Gasteiger partial charge in [-0.05, 0) is 57.7 Å². The van der Waals surface area contributed by atoms with Crippen LogP contribution in [0.2, 0.25) is 5.02 Å². The van der Waals surface area contributed by atoms with Gasteiger partial charge >= 0.3 is 5.97 Å². The molecule has 0 aliphatic carbocycles. The van der Waals surface area contributed by atoms with Crippen molar-refractivity contribution in [2.75, 3.05) is 20.8 Å². The van der Waals surface area contributed by atoms with Gasteiger partial charge in [-0.3, -0.25) is 9.59 Å². The van der Waals surface area contributed by atoms with Crippen molar-refractivity contribution < 1.29 is 28.6 Å². The SMILES string of the molecule is COC(=O)COc1c(Br)cc(C=NNC(=O)C(NC(=O)c2cccc(Cl)c2)C(C)C)cc1OC. The second-order valence-corrected chi connectivity index (χ2v) is 8.63. The van der Waals surface area contributed by atoms with Gasteiger partial charge in [0.1, 0.15) is 6.04 Å². The molecule has 0 aliphatic heterocycles. The van der Waals surface area contributed by atoms with Gasteiger partial charge in [0.15, 0.2) is 18.1 Å². The number of methoxy groups -OCH3 is 2. The van der Waals surface area contributed by atoms with Crippen LogP contribution in [0.1, 0.15) is 29.8 Å². The Morgan fingerprint density at radius 3 is 2.53 bits per heavy atom. The largest absolute Gasteiger partial charge is 0.493 e. The van der Waals surface area contributed by atoms with Gasteiger partial charge in [-0.15, -0.1) is 0 Å². The van der Waals surface area contributed by atoms with Crippen molar-refractivity contribution in [1.82, 2.24) is 10.7 Å². The van der Waals surface area contributed by atoms with Crippen LogP contribution in [0.15, 0.2) is 46.0 Å². The summed E-state index contributed by atoms with van der Waals surface area (Å²) < 4.78 is 15.8. The molecule has 0 saturated heterocycles. The smallest absolute Gasteiger partial charge is 0.343 e. The zero-order valence-corrected chi connectivity index (χ0v) is 21.4. The third kappa shape index (κ3) is 7.74. The molecule has 2 rings (SSSR count). The quantitative estimate of drug-likeness (QED) is 0.264. The number of rotatable bonds is 10. The number of hydrazone groups is 1. The van der Waals surface area contributed by atoms with Gasteiger partial charge in [0.25, 0.3) is 11.8 Å². The normalized spacial score (nSPS) is 11.7. The molecule has 2 aromatic carbocycles. The Morgan fingerprint density at radius 1 is 1.18 bits per heavy atom. The molecule has 0 spiro atoms. The van der Waals surface area contributed by atoms with Crippen molar-refractivity contribution in [2.45, 2.75) is 19.9 Å². The van der Waals surface area contributed by atoms with Gasteiger partial charge in [-0.1, -0.05) is 31.5 Å². The van der Waals surface area contributed by atoms with E-state index in [-0.39, 0.29) is 12.5 Å². The summed E-state index contributed by atoms with van der Waals surface area (Å²) in [6.07, 6.45) is 1.41. The maximum atomic E-state index is 12.7. The lowest BCUT2D eigenvalue weighted by Crippen LogP contribution is -2.48. The van der Waals surface area contributed by atoms with Crippen molar-refractivity contribution in [1.29, 1.82) is 0 Å². The highest BCUT2D eigenvalue weighted by Gasteiger charge is 2.24. The van der Waals surface area contributed by atoms with E-state index in [9.17, 15) is 14.4 Å². The summed E-state index contributed by atoms with van der Waals surface area (Å²) in [6, 6.07) is 8.92. The number of nitrogens with one attached hydrogen (secondary N) is 2. The minimum atomic E-state index is -0.820. The van der Waals surface area contributed by atoms with Crippen LogP contribution in [0.4, 0.5) is 0 Å². The van der Waals surface area contributed by atoms with Gasteiger partial charge in [0.05, 0.1) is 24.9 Å². The lowest BCUT2D eigenvalue weighted by atomic mass is 10.0. The predicted octanol–water partition coefficient (Wildman–Crippen LogP) is 3.57. The summed E-state index contributed by atoms with van der Waals surface area (Å²) >= 11 is 9.30. The highest BCUT2D eigenvalue weighted by atomic mass is 79.9. The minimum absolute atomic E-state index is 0.196. The van der Waals surface area contributed by atoms with E-state index in [1.54, 1.807) is 44.2 Å². The van der Waals surface area contributed by atoms with Crippen LogP contribution in [0.25, 0.3) is 0 Å². The van der Waals surface area contributed by atoms with Crippen molar-refractivity contribution in [3.63, 3.8) is 0 Å². The first-order valence-electron chi connectivity index (χ1n) is 10.1. The first-order chi connectivity index (χ1) is 16.2. The molecule has 2 amide bonds. The minimum Gasteiger partial charge on any atom is -0.493 e.